The summed E-state index contributed by atoms with van der Waals surface area (Å²) in [6.45, 7) is 3.67. The van der Waals surface area contributed by atoms with Gasteiger partial charge in [0.15, 0.2) is 0 Å². The van der Waals surface area contributed by atoms with E-state index in [0.717, 1.165) is 11.1 Å². The van der Waals surface area contributed by atoms with Gasteiger partial charge in [-0.3, -0.25) is 9.52 Å². The summed E-state index contributed by atoms with van der Waals surface area (Å²) in [5, 5.41) is 8.38. The number of benzene rings is 1. The van der Waals surface area contributed by atoms with Gasteiger partial charge in [-0.05, 0) is 25.3 Å². The number of nitriles is 1. The van der Waals surface area contributed by atoms with E-state index >= 15 is 0 Å². The molecule has 0 aliphatic carbocycles. The van der Waals surface area contributed by atoms with Crippen LogP contribution in [-0.4, -0.2) is 20.1 Å². The smallest absolute Gasteiger partial charge is 0.236 e. The lowest BCUT2D eigenvalue weighted by Crippen LogP contribution is -2.36. The second kappa shape index (κ2) is 7.79. The number of rotatable bonds is 7. The van der Waals surface area contributed by atoms with Gasteiger partial charge >= 0.3 is 0 Å². The molecule has 0 saturated carbocycles. The summed E-state index contributed by atoms with van der Waals surface area (Å²) in [7, 11) is -3.65. The minimum atomic E-state index is -3.65. The molecule has 0 fully saturated rings. The topological polar surface area (TPSA) is 87.0 Å². The van der Waals surface area contributed by atoms with E-state index in [1.807, 2.05) is 37.3 Å². The Labute approximate surface area is 126 Å². The van der Waals surface area contributed by atoms with Crippen molar-refractivity contribution >= 4 is 15.9 Å². The third-order valence-electron chi connectivity index (χ3n) is 3.07. The molecule has 0 saturated heterocycles. The van der Waals surface area contributed by atoms with Crippen molar-refractivity contribution in [3.05, 3.63) is 35.4 Å². The molecule has 0 radical (unpaired) electrons. The maximum Gasteiger partial charge on any atom is 0.236 e. The lowest BCUT2D eigenvalue weighted by atomic mass is 10.00. The third-order valence-corrected chi connectivity index (χ3v) is 4.41. The maximum absolute atomic E-state index is 11.9. The Hall–Kier alpha value is -1.87. The molecule has 1 rings (SSSR count). The highest BCUT2D eigenvalue weighted by atomic mass is 32.2. The molecule has 1 N–H and O–H groups in total. The molecule has 21 heavy (non-hydrogen) atoms. The summed E-state index contributed by atoms with van der Waals surface area (Å²) in [5.41, 5.74) is 2.13. The molecular formula is C15H20N2O3S. The molecule has 1 amide bonds. The number of nitrogens with zero attached hydrogens (tertiary/aromatic N) is 1. The van der Waals surface area contributed by atoms with Crippen LogP contribution in [-0.2, 0) is 21.2 Å². The Morgan fingerprint density at radius 1 is 1.33 bits per heavy atom. The van der Waals surface area contributed by atoms with Gasteiger partial charge in [-0.15, -0.1) is 0 Å². The summed E-state index contributed by atoms with van der Waals surface area (Å²) < 4.78 is 25.4. The van der Waals surface area contributed by atoms with E-state index in [1.54, 1.807) is 6.92 Å². The van der Waals surface area contributed by atoms with Crippen LogP contribution in [0.5, 0.6) is 0 Å². The number of aryl methyl sites for hydroxylation is 1. The van der Waals surface area contributed by atoms with E-state index in [1.165, 1.54) is 0 Å². The summed E-state index contributed by atoms with van der Waals surface area (Å²) >= 11 is 0. The molecule has 1 aromatic carbocycles. The molecular weight excluding hydrogens is 288 g/mol. The first-order valence-corrected chi connectivity index (χ1v) is 8.46. The van der Waals surface area contributed by atoms with Gasteiger partial charge in [0.05, 0.1) is 11.8 Å². The summed E-state index contributed by atoms with van der Waals surface area (Å²) in [6.07, 6.45) is 0.874. The Morgan fingerprint density at radius 2 is 1.95 bits per heavy atom. The average molecular weight is 308 g/mol. The molecule has 0 aromatic heterocycles. The first kappa shape index (κ1) is 17.2. The predicted octanol–water partition coefficient (Wildman–Crippen LogP) is 1.92. The fourth-order valence-corrected chi connectivity index (χ4v) is 2.95. The van der Waals surface area contributed by atoms with Gasteiger partial charge in [0, 0.05) is 12.3 Å². The van der Waals surface area contributed by atoms with Gasteiger partial charge in [0.2, 0.25) is 15.9 Å². The normalized spacial score (nSPS) is 12.4. The first-order chi connectivity index (χ1) is 9.84. The molecule has 114 valence electrons. The molecule has 0 aliphatic rings. The lowest BCUT2D eigenvalue weighted by molar-refractivity contribution is -0.122. The summed E-state index contributed by atoms with van der Waals surface area (Å²) in [6, 6.07) is 9.65. The number of hydrogen-bond donors (Lipinski definition) is 1. The van der Waals surface area contributed by atoms with Crippen LogP contribution in [0.4, 0.5) is 0 Å². The van der Waals surface area contributed by atoms with E-state index < -0.39 is 21.8 Å². The Morgan fingerprint density at radius 3 is 2.52 bits per heavy atom. The summed E-state index contributed by atoms with van der Waals surface area (Å²) in [4.78, 5) is 11.9. The second-order valence-electron chi connectivity index (χ2n) is 5.14. The van der Waals surface area contributed by atoms with E-state index in [9.17, 15) is 13.2 Å². The van der Waals surface area contributed by atoms with E-state index in [4.69, 9.17) is 5.26 Å². The first-order valence-electron chi connectivity index (χ1n) is 6.81. The summed E-state index contributed by atoms with van der Waals surface area (Å²) in [5.74, 6) is -1.14. The zero-order valence-electron chi connectivity index (χ0n) is 12.3. The predicted molar refractivity (Wildman–Crippen MR) is 80.8 cm³/mol. The molecule has 0 heterocycles. The van der Waals surface area contributed by atoms with Crippen LogP contribution in [0.25, 0.3) is 0 Å². The number of unbranched alkanes of at least 4 members (excludes halogenated alkanes) is 1. The molecule has 1 atom stereocenters. The van der Waals surface area contributed by atoms with Crippen molar-refractivity contribution < 1.29 is 13.2 Å². The Balaban J connectivity index is 2.54. The van der Waals surface area contributed by atoms with Gasteiger partial charge in [-0.1, -0.05) is 36.8 Å². The highest BCUT2D eigenvalue weighted by molar-refractivity contribution is 7.90. The molecule has 0 unspecified atom stereocenters. The van der Waals surface area contributed by atoms with Crippen LogP contribution in [0.15, 0.2) is 24.3 Å². The van der Waals surface area contributed by atoms with Crippen molar-refractivity contribution in [3.8, 4) is 6.07 Å². The van der Waals surface area contributed by atoms with Crippen molar-refractivity contribution in [2.24, 2.45) is 5.92 Å². The van der Waals surface area contributed by atoms with Gasteiger partial charge in [-0.2, -0.15) is 5.26 Å². The van der Waals surface area contributed by atoms with Crippen LogP contribution >= 0.6 is 0 Å². The van der Waals surface area contributed by atoms with Crippen molar-refractivity contribution in [2.45, 2.75) is 33.1 Å². The number of carbonyl (C=O) groups excluding carboxylic acids is 1. The van der Waals surface area contributed by atoms with Gasteiger partial charge in [-0.25, -0.2) is 8.42 Å². The second-order valence-corrected chi connectivity index (χ2v) is 6.98. The Kier molecular flexibility index (Phi) is 6.38. The maximum atomic E-state index is 11.9. The van der Waals surface area contributed by atoms with Crippen molar-refractivity contribution in [3.63, 3.8) is 0 Å². The number of amides is 1. The largest absolute Gasteiger partial charge is 0.274 e. The van der Waals surface area contributed by atoms with E-state index in [0.29, 0.717) is 6.42 Å². The minimum absolute atomic E-state index is 0.161. The van der Waals surface area contributed by atoms with E-state index in [-0.39, 0.29) is 18.6 Å². The zero-order chi connectivity index (χ0) is 15.9. The fourth-order valence-electron chi connectivity index (χ4n) is 1.82. The molecule has 0 spiro atoms. The standard InChI is InChI=1S/C15H20N2O3S/c1-12-5-7-14(8-6-12)11-13(2)15(18)17-21(19,20)10-4-3-9-16/h5-8,13H,3-4,10-11H2,1-2H3,(H,17,18)/t13-/m0/s1. The van der Waals surface area contributed by atoms with Crippen LogP contribution < -0.4 is 4.72 Å². The zero-order valence-corrected chi connectivity index (χ0v) is 13.1. The lowest BCUT2D eigenvalue weighted by Gasteiger charge is -2.12. The van der Waals surface area contributed by atoms with Crippen molar-refractivity contribution in [1.29, 1.82) is 5.26 Å². The SMILES string of the molecule is Cc1ccc(C[C@H](C)C(=O)NS(=O)(=O)CCCC#N)cc1. The van der Waals surface area contributed by atoms with E-state index in [2.05, 4.69) is 4.72 Å². The van der Waals surface area contributed by atoms with Crippen LogP contribution in [0.2, 0.25) is 0 Å². The Bertz CT molecular complexity index is 615. The molecule has 0 bridgehead atoms. The highest BCUT2D eigenvalue weighted by Gasteiger charge is 2.19. The molecule has 0 aliphatic heterocycles. The van der Waals surface area contributed by atoms with Crippen LogP contribution in [0, 0.1) is 24.2 Å². The average Bonchev–Trinajstić information content (AvgIpc) is 2.41. The molecule has 1 aromatic rings. The highest BCUT2D eigenvalue weighted by Crippen LogP contribution is 2.10. The molecule has 6 heteroatoms. The number of hydrogen-bond acceptors (Lipinski definition) is 4. The van der Waals surface area contributed by atoms with Gasteiger partial charge < -0.3 is 0 Å². The number of nitrogens with one attached hydrogen (secondary N) is 1. The fraction of sp³-hybridized carbons (Fsp3) is 0.467. The quantitative estimate of drug-likeness (QED) is 0.780. The monoisotopic (exact) mass is 308 g/mol. The van der Waals surface area contributed by atoms with Crippen molar-refractivity contribution in [2.75, 3.05) is 5.75 Å². The minimum Gasteiger partial charge on any atom is -0.274 e. The van der Waals surface area contributed by atoms with Crippen LogP contribution in [0.3, 0.4) is 0 Å². The van der Waals surface area contributed by atoms with Gasteiger partial charge in [0.1, 0.15) is 0 Å². The third kappa shape index (κ3) is 6.41. The number of sulfonamides is 1. The van der Waals surface area contributed by atoms with Crippen LogP contribution in [0.1, 0.15) is 30.9 Å². The molecule has 5 nitrogen and oxygen atoms in total. The van der Waals surface area contributed by atoms with Gasteiger partial charge in [0.25, 0.3) is 0 Å². The van der Waals surface area contributed by atoms with Crippen molar-refractivity contribution in [1.82, 2.24) is 4.72 Å². The number of carbonyl (C=O) groups is 1.